The Morgan fingerprint density at radius 1 is 1.15 bits per heavy atom. The van der Waals surface area contributed by atoms with Gasteiger partial charge < -0.3 is 24.4 Å². The summed E-state index contributed by atoms with van der Waals surface area (Å²) in [4.78, 5) is 27.9. The molecule has 0 spiro atoms. The first-order chi connectivity index (χ1) is 15.7. The molecule has 1 heterocycles. The number of hydrogen-bond acceptors (Lipinski definition) is 7. The lowest BCUT2D eigenvalue weighted by molar-refractivity contribution is -0.139. The Morgan fingerprint density at radius 2 is 1.88 bits per heavy atom. The molecule has 180 valence electrons. The summed E-state index contributed by atoms with van der Waals surface area (Å²) in [6, 6.07) is 5.08. The Morgan fingerprint density at radius 3 is 2.52 bits per heavy atom. The minimum atomic E-state index is -0.841. The number of nitrogens with zero attached hydrogens (tertiary/aromatic N) is 1. The molecule has 1 aliphatic heterocycles. The van der Waals surface area contributed by atoms with Gasteiger partial charge in [-0.25, -0.2) is 9.59 Å². The molecule has 0 saturated carbocycles. The molecule has 1 aromatic carbocycles. The number of rotatable bonds is 10. The zero-order valence-corrected chi connectivity index (χ0v) is 21.0. The second-order valence-electron chi connectivity index (χ2n) is 7.59. The number of allylic oxidation sites excluding steroid dienone is 1. The van der Waals surface area contributed by atoms with E-state index in [1.807, 2.05) is 31.1 Å². The molecular weight excluding hydrogens is 467 g/mol. The van der Waals surface area contributed by atoms with Crippen LogP contribution in [-0.2, 0) is 23.8 Å². The van der Waals surface area contributed by atoms with Crippen molar-refractivity contribution in [1.29, 1.82) is 0 Å². The van der Waals surface area contributed by atoms with E-state index in [0.717, 1.165) is 6.54 Å². The van der Waals surface area contributed by atoms with E-state index in [1.165, 1.54) is 7.11 Å². The smallest absolute Gasteiger partial charge is 0.336 e. The predicted octanol–water partition coefficient (Wildman–Crippen LogP) is 4.08. The molecule has 2 rings (SSSR count). The van der Waals surface area contributed by atoms with Crippen LogP contribution in [0, 0.1) is 0 Å². The number of carbonyl (C=O) groups is 2. The van der Waals surface area contributed by atoms with Crippen LogP contribution in [0.15, 0.2) is 52.9 Å². The van der Waals surface area contributed by atoms with E-state index < -0.39 is 17.9 Å². The molecule has 0 fully saturated rings. The highest BCUT2D eigenvalue weighted by Crippen LogP contribution is 2.43. The second kappa shape index (κ2) is 12.8. The minimum absolute atomic E-state index is 0.0981. The fourth-order valence-electron chi connectivity index (χ4n) is 3.48. The van der Waals surface area contributed by atoms with Gasteiger partial charge in [0.15, 0.2) is 0 Å². The van der Waals surface area contributed by atoms with Gasteiger partial charge in [-0.05, 0) is 39.6 Å². The number of carbonyl (C=O) groups excluding carboxylic acids is 2. The largest absolute Gasteiger partial charge is 0.466 e. The first-order valence-corrected chi connectivity index (χ1v) is 11.3. The average Bonchev–Trinajstić information content (AvgIpc) is 2.77. The van der Waals surface area contributed by atoms with E-state index in [0.29, 0.717) is 28.6 Å². The summed E-state index contributed by atoms with van der Waals surface area (Å²) in [5, 5.41) is 3.69. The number of ether oxygens (including phenoxy) is 3. The SMILES string of the molecule is CCOC(=O)C1=C(COC/C=C\CN(C)C)NC(C)=C(C(=O)OC)C1c1cccc(Cl)c1Cl. The van der Waals surface area contributed by atoms with Crippen molar-refractivity contribution in [3.05, 3.63) is 68.5 Å². The Labute approximate surface area is 205 Å². The molecule has 7 nitrogen and oxygen atoms in total. The first kappa shape index (κ1) is 26.9. The highest BCUT2D eigenvalue weighted by molar-refractivity contribution is 6.42. The van der Waals surface area contributed by atoms with Crippen LogP contribution >= 0.6 is 23.2 Å². The third kappa shape index (κ3) is 6.84. The molecule has 1 atom stereocenters. The lowest BCUT2D eigenvalue weighted by atomic mass is 9.80. The molecule has 0 aromatic heterocycles. The monoisotopic (exact) mass is 496 g/mol. The summed E-state index contributed by atoms with van der Waals surface area (Å²) >= 11 is 12.8. The van der Waals surface area contributed by atoms with Crippen molar-refractivity contribution >= 4 is 35.1 Å². The van der Waals surface area contributed by atoms with Crippen molar-refractivity contribution in [3.63, 3.8) is 0 Å². The van der Waals surface area contributed by atoms with Crippen LogP contribution < -0.4 is 5.32 Å². The molecule has 1 unspecified atom stereocenters. The van der Waals surface area contributed by atoms with Crippen LogP contribution in [0.25, 0.3) is 0 Å². The van der Waals surface area contributed by atoms with E-state index in [2.05, 4.69) is 5.32 Å². The number of dihydropyridines is 1. The number of likely N-dealkylation sites (N-methyl/N-ethyl adjacent to an activating group) is 1. The Bertz CT molecular complexity index is 970. The average molecular weight is 497 g/mol. The van der Waals surface area contributed by atoms with Gasteiger partial charge in [0.2, 0.25) is 0 Å². The zero-order valence-electron chi connectivity index (χ0n) is 19.5. The second-order valence-corrected chi connectivity index (χ2v) is 8.38. The lowest BCUT2D eigenvalue weighted by Gasteiger charge is -2.31. The maximum absolute atomic E-state index is 13.1. The van der Waals surface area contributed by atoms with Crippen molar-refractivity contribution in [3.8, 4) is 0 Å². The number of esters is 2. The van der Waals surface area contributed by atoms with Gasteiger partial charge in [0.05, 0.1) is 59.7 Å². The molecular formula is C24H30Cl2N2O5. The highest BCUT2D eigenvalue weighted by atomic mass is 35.5. The summed E-state index contributed by atoms with van der Waals surface area (Å²) in [6.45, 7) is 4.85. The van der Waals surface area contributed by atoms with Gasteiger partial charge >= 0.3 is 11.9 Å². The molecule has 1 N–H and O–H groups in total. The third-order valence-electron chi connectivity index (χ3n) is 4.94. The fourth-order valence-corrected chi connectivity index (χ4v) is 3.89. The molecule has 0 saturated heterocycles. The van der Waals surface area contributed by atoms with Gasteiger partial charge in [-0.3, -0.25) is 0 Å². The van der Waals surface area contributed by atoms with Crippen LogP contribution in [0.2, 0.25) is 10.0 Å². The molecule has 1 aliphatic rings. The Balaban J connectivity index is 2.54. The van der Waals surface area contributed by atoms with Crippen LogP contribution in [0.5, 0.6) is 0 Å². The van der Waals surface area contributed by atoms with Gasteiger partial charge in [0.25, 0.3) is 0 Å². The molecule has 0 amide bonds. The van der Waals surface area contributed by atoms with Gasteiger partial charge in [-0.1, -0.05) is 47.5 Å². The van der Waals surface area contributed by atoms with Crippen molar-refractivity contribution < 1.29 is 23.8 Å². The summed E-state index contributed by atoms with van der Waals surface area (Å²) < 4.78 is 16.1. The number of halogens is 2. The number of benzene rings is 1. The summed E-state index contributed by atoms with van der Waals surface area (Å²) in [7, 11) is 5.23. The normalized spacial score (nSPS) is 16.4. The standard InChI is InChI=1S/C24H30Cl2N2O5/c1-6-33-24(30)21-18(14-32-13-8-7-12-28(3)4)27-15(2)19(23(29)31-5)20(21)16-10-9-11-17(25)22(16)26/h7-11,20,27H,6,12-14H2,1-5H3/b8-7-. The molecule has 0 aliphatic carbocycles. The minimum Gasteiger partial charge on any atom is -0.466 e. The number of hydrogen-bond donors (Lipinski definition) is 1. The summed E-state index contributed by atoms with van der Waals surface area (Å²) in [5.41, 5.74) is 1.99. The van der Waals surface area contributed by atoms with Crippen molar-refractivity contribution in [2.24, 2.45) is 0 Å². The molecule has 33 heavy (non-hydrogen) atoms. The van der Waals surface area contributed by atoms with Gasteiger partial charge in [0.1, 0.15) is 0 Å². The maximum atomic E-state index is 13.1. The lowest BCUT2D eigenvalue weighted by Crippen LogP contribution is -2.34. The van der Waals surface area contributed by atoms with Crippen molar-refractivity contribution in [1.82, 2.24) is 10.2 Å². The van der Waals surface area contributed by atoms with Crippen molar-refractivity contribution in [2.45, 2.75) is 19.8 Å². The zero-order chi connectivity index (χ0) is 24.5. The Kier molecular flexibility index (Phi) is 10.4. The summed E-state index contributed by atoms with van der Waals surface area (Å²) in [6.07, 6.45) is 3.89. The van der Waals surface area contributed by atoms with E-state index >= 15 is 0 Å². The van der Waals surface area contributed by atoms with E-state index in [1.54, 1.807) is 32.0 Å². The van der Waals surface area contributed by atoms with Gasteiger partial charge in [-0.2, -0.15) is 0 Å². The number of methoxy groups -OCH3 is 1. The third-order valence-corrected chi connectivity index (χ3v) is 5.77. The fraction of sp³-hybridized carbons (Fsp3) is 0.417. The van der Waals surface area contributed by atoms with Crippen LogP contribution in [-0.4, -0.2) is 64.4 Å². The van der Waals surface area contributed by atoms with E-state index in [9.17, 15) is 9.59 Å². The van der Waals surface area contributed by atoms with Crippen LogP contribution in [0.3, 0.4) is 0 Å². The van der Waals surface area contributed by atoms with Crippen LogP contribution in [0.4, 0.5) is 0 Å². The van der Waals surface area contributed by atoms with Crippen LogP contribution in [0.1, 0.15) is 25.3 Å². The highest BCUT2D eigenvalue weighted by Gasteiger charge is 2.40. The maximum Gasteiger partial charge on any atom is 0.336 e. The quantitative estimate of drug-likeness (QED) is 0.297. The van der Waals surface area contributed by atoms with E-state index in [-0.39, 0.29) is 29.4 Å². The Hall–Kier alpha value is -2.32. The van der Waals surface area contributed by atoms with Gasteiger partial charge in [0, 0.05) is 12.2 Å². The number of nitrogens with one attached hydrogen (secondary N) is 1. The summed E-state index contributed by atoms with van der Waals surface area (Å²) in [5.74, 6) is -2.01. The first-order valence-electron chi connectivity index (χ1n) is 10.5. The topological polar surface area (TPSA) is 77.1 Å². The predicted molar refractivity (Wildman–Crippen MR) is 129 cm³/mol. The van der Waals surface area contributed by atoms with Crippen molar-refractivity contribution in [2.75, 3.05) is 47.6 Å². The molecule has 0 radical (unpaired) electrons. The van der Waals surface area contributed by atoms with Gasteiger partial charge in [-0.15, -0.1) is 0 Å². The molecule has 1 aromatic rings. The molecule has 9 heteroatoms. The molecule has 0 bridgehead atoms. The van der Waals surface area contributed by atoms with E-state index in [4.69, 9.17) is 37.4 Å².